The van der Waals surface area contributed by atoms with E-state index in [1.165, 1.54) is 0 Å². The molecule has 0 aliphatic carbocycles. The molecule has 1 aromatic carbocycles. The fourth-order valence-corrected chi connectivity index (χ4v) is 1.83. The second kappa shape index (κ2) is 4.89. The molecule has 1 aromatic heterocycles. The highest BCUT2D eigenvalue weighted by Crippen LogP contribution is 2.22. The maximum absolute atomic E-state index is 11.9. The van der Waals surface area contributed by atoms with Crippen molar-refractivity contribution in [2.24, 2.45) is 0 Å². The van der Waals surface area contributed by atoms with Gasteiger partial charge >= 0.3 is 6.18 Å². The van der Waals surface area contributed by atoms with Crippen LogP contribution in [-0.4, -0.2) is 24.0 Å². The number of fused-ring (bicyclic) bond motifs is 1. The van der Waals surface area contributed by atoms with Gasteiger partial charge in [-0.2, -0.15) is 13.2 Å². The van der Waals surface area contributed by atoms with Crippen molar-refractivity contribution >= 4 is 16.6 Å². The van der Waals surface area contributed by atoms with Crippen LogP contribution in [0, 0.1) is 0 Å². The first-order valence-corrected chi connectivity index (χ1v) is 5.45. The van der Waals surface area contributed by atoms with E-state index in [4.69, 9.17) is 5.73 Å². The third-order valence-corrected chi connectivity index (χ3v) is 2.56. The summed E-state index contributed by atoms with van der Waals surface area (Å²) in [6.45, 7) is -0.882. The first kappa shape index (κ1) is 12.8. The molecule has 0 saturated carbocycles. The number of nitrogen functional groups attached to an aromatic ring is 1. The number of para-hydroxylation sites is 1. The first-order valence-electron chi connectivity index (χ1n) is 5.45. The van der Waals surface area contributed by atoms with Crippen molar-refractivity contribution in [2.75, 3.05) is 18.9 Å². The summed E-state index contributed by atoms with van der Waals surface area (Å²) in [5.74, 6) is 0. The molecule has 0 bridgehead atoms. The van der Waals surface area contributed by atoms with Crippen molar-refractivity contribution < 1.29 is 17.9 Å². The van der Waals surface area contributed by atoms with Crippen LogP contribution in [-0.2, 0) is 11.3 Å². The smallest absolute Gasteiger partial charge is 0.397 e. The normalized spacial score (nSPS) is 12.2. The monoisotopic (exact) mass is 258 g/mol. The van der Waals surface area contributed by atoms with Crippen molar-refractivity contribution in [1.82, 2.24) is 4.57 Å². The second-order valence-corrected chi connectivity index (χ2v) is 3.96. The summed E-state index contributed by atoms with van der Waals surface area (Å²) in [5, 5.41) is 0.964. The van der Waals surface area contributed by atoms with Gasteiger partial charge in [-0.05, 0) is 12.1 Å². The molecule has 0 amide bonds. The van der Waals surface area contributed by atoms with Crippen molar-refractivity contribution in [3.63, 3.8) is 0 Å². The minimum atomic E-state index is -4.28. The summed E-state index contributed by atoms with van der Waals surface area (Å²) < 4.78 is 42.0. The van der Waals surface area contributed by atoms with Gasteiger partial charge in [-0.25, -0.2) is 0 Å². The highest BCUT2D eigenvalue weighted by atomic mass is 19.4. The van der Waals surface area contributed by atoms with E-state index >= 15 is 0 Å². The number of hydrogen-bond donors (Lipinski definition) is 1. The Morgan fingerprint density at radius 2 is 2.00 bits per heavy atom. The Labute approximate surface area is 102 Å². The molecule has 2 rings (SSSR count). The van der Waals surface area contributed by atoms with Gasteiger partial charge in [0, 0.05) is 18.1 Å². The molecule has 98 valence electrons. The highest BCUT2D eigenvalue weighted by molar-refractivity contribution is 5.90. The maximum Gasteiger partial charge on any atom is 0.411 e. The van der Waals surface area contributed by atoms with Crippen LogP contribution in [0.1, 0.15) is 0 Å². The van der Waals surface area contributed by atoms with Crippen molar-refractivity contribution in [3.05, 3.63) is 30.5 Å². The van der Waals surface area contributed by atoms with Gasteiger partial charge < -0.3 is 15.0 Å². The van der Waals surface area contributed by atoms with Crippen LogP contribution in [0.3, 0.4) is 0 Å². The average Bonchev–Trinajstić information content (AvgIpc) is 2.68. The lowest BCUT2D eigenvalue weighted by Crippen LogP contribution is -2.18. The van der Waals surface area contributed by atoms with Gasteiger partial charge in [-0.15, -0.1) is 0 Å². The maximum atomic E-state index is 11.9. The van der Waals surface area contributed by atoms with E-state index in [0.29, 0.717) is 12.2 Å². The largest absolute Gasteiger partial charge is 0.411 e. The number of rotatable bonds is 4. The van der Waals surface area contributed by atoms with Gasteiger partial charge in [-0.3, -0.25) is 0 Å². The zero-order valence-electron chi connectivity index (χ0n) is 9.57. The number of aromatic nitrogens is 1. The number of nitrogens with zero attached hydrogens (tertiary/aromatic N) is 1. The zero-order valence-corrected chi connectivity index (χ0v) is 9.57. The van der Waals surface area contributed by atoms with Crippen LogP contribution in [0.25, 0.3) is 10.9 Å². The van der Waals surface area contributed by atoms with Crippen LogP contribution < -0.4 is 5.73 Å². The predicted octanol–water partition coefficient (Wildman–Crippen LogP) is 2.80. The van der Waals surface area contributed by atoms with E-state index < -0.39 is 12.8 Å². The minimum absolute atomic E-state index is 0.00236. The summed E-state index contributed by atoms with van der Waals surface area (Å²) in [5.41, 5.74) is 7.27. The summed E-state index contributed by atoms with van der Waals surface area (Å²) in [4.78, 5) is 0. The Hall–Kier alpha value is -1.69. The van der Waals surface area contributed by atoms with Crippen molar-refractivity contribution in [2.45, 2.75) is 12.7 Å². The van der Waals surface area contributed by atoms with E-state index in [-0.39, 0.29) is 6.61 Å². The van der Waals surface area contributed by atoms with Crippen LogP contribution >= 0.6 is 0 Å². The van der Waals surface area contributed by atoms with E-state index in [0.717, 1.165) is 10.9 Å². The second-order valence-electron chi connectivity index (χ2n) is 3.96. The molecule has 18 heavy (non-hydrogen) atoms. The van der Waals surface area contributed by atoms with Crippen molar-refractivity contribution in [3.8, 4) is 0 Å². The van der Waals surface area contributed by atoms with Crippen molar-refractivity contribution in [1.29, 1.82) is 0 Å². The lowest BCUT2D eigenvalue weighted by molar-refractivity contribution is -0.174. The van der Waals surface area contributed by atoms with Gasteiger partial charge in [0.25, 0.3) is 0 Å². The Morgan fingerprint density at radius 1 is 1.22 bits per heavy atom. The Morgan fingerprint density at radius 3 is 2.72 bits per heavy atom. The predicted molar refractivity (Wildman–Crippen MR) is 63.2 cm³/mol. The lowest BCUT2D eigenvalue weighted by atomic mass is 10.2. The standard InChI is InChI=1S/C12H13F3N2O/c13-12(14,15)8-18-7-6-17-5-4-9-2-1-3-10(16)11(9)17/h1-5H,6-8,16H2. The molecule has 6 heteroatoms. The number of halogens is 3. The van der Waals surface area contributed by atoms with Crippen LogP contribution in [0.5, 0.6) is 0 Å². The van der Waals surface area contributed by atoms with Gasteiger partial charge in [0.15, 0.2) is 0 Å². The Kier molecular flexibility index (Phi) is 3.47. The third-order valence-electron chi connectivity index (χ3n) is 2.56. The number of hydrogen-bond acceptors (Lipinski definition) is 2. The number of alkyl halides is 3. The van der Waals surface area contributed by atoms with Gasteiger partial charge in [0.1, 0.15) is 6.61 Å². The molecule has 0 unspecified atom stereocenters. The summed E-state index contributed by atoms with van der Waals surface area (Å²) in [6, 6.07) is 7.37. The third kappa shape index (κ3) is 2.95. The number of ether oxygens (including phenoxy) is 1. The molecule has 2 aromatic rings. The fraction of sp³-hybridized carbons (Fsp3) is 0.333. The van der Waals surface area contributed by atoms with Crippen LogP contribution in [0.15, 0.2) is 30.5 Å². The Bertz CT molecular complexity index is 534. The molecule has 0 fully saturated rings. The molecular formula is C12H13F3N2O. The molecule has 0 radical (unpaired) electrons. The highest BCUT2D eigenvalue weighted by Gasteiger charge is 2.27. The topological polar surface area (TPSA) is 40.2 Å². The molecule has 2 N–H and O–H groups in total. The summed E-state index contributed by atoms with van der Waals surface area (Å²) in [6.07, 6.45) is -2.49. The van der Waals surface area contributed by atoms with E-state index in [1.807, 2.05) is 18.2 Å². The molecule has 0 spiro atoms. The molecule has 1 heterocycles. The van der Waals surface area contributed by atoms with E-state index in [2.05, 4.69) is 4.74 Å². The van der Waals surface area contributed by atoms with Gasteiger partial charge in [0.2, 0.25) is 0 Å². The average molecular weight is 258 g/mol. The first-order chi connectivity index (χ1) is 8.47. The molecule has 0 saturated heterocycles. The quantitative estimate of drug-likeness (QED) is 0.676. The van der Waals surface area contributed by atoms with Gasteiger partial charge in [0.05, 0.1) is 17.8 Å². The van der Waals surface area contributed by atoms with Gasteiger partial charge in [-0.1, -0.05) is 12.1 Å². The molecule has 0 aliphatic heterocycles. The SMILES string of the molecule is Nc1cccc2ccn(CCOCC(F)(F)F)c12. The zero-order chi connectivity index (χ0) is 13.2. The number of nitrogens with two attached hydrogens (primary N) is 1. The van der Waals surface area contributed by atoms with E-state index in [9.17, 15) is 13.2 Å². The van der Waals surface area contributed by atoms with Crippen LogP contribution in [0.2, 0.25) is 0 Å². The van der Waals surface area contributed by atoms with E-state index in [1.54, 1.807) is 16.8 Å². The molecule has 0 aliphatic rings. The molecule has 3 nitrogen and oxygen atoms in total. The lowest BCUT2D eigenvalue weighted by Gasteiger charge is -2.09. The fourth-order valence-electron chi connectivity index (χ4n) is 1.83. The summed E-state index contributed by atoms with van der Waals surface area (Å²) in [7, 11) is 0. The molecular weight excluding hydrogens is 245 g/mol. The van der Waals surface area contributed by atoms with Crippen LogP contribution in [0.4, 0.5) is 18.9 Å². The minimum Gasteiger partial charge on any atom is -0.397 e. The number of anilines is 1. The Balaban J connectivity index is 2.00. The molecule has 0 atom stereocenters. The number of benzene rings is 1. The summed E-state index contributed by atoms with van der Waals surface area (Å²) >= 11 is 0.